The molecule has 0 saturated heterocycles. The molecule has 1 atom stereocenters. The van der Waals surface area contributed by atoms with Crippen LogP contribution >= 0.6 is 0 Å². The van der Waals surface area contributed by atoms with E-state index in [1.165, 1.54) is 5.56 Å². The molecule has 1 unspecified atom stereocenters. The van der Waals surface area contributed by atoms with Crippen LogP contribution in [0.3, 0.4) is 0 Å². The quantitative estimate of drug-likeness (QED) is 0.803. The van der Waals surface area contributed by atoms with Gasteiger partial charge in [0.25, 0.3) is 5.91 Å². The molecule has 21 heavy (non-hydrogen) atoms. The second kappa shape index (κ2) is 4.55. The maximum absolute atomic E-state index is 12.7. The lowest BCUT2D eigenvalue weighted by Crippen LogP contribution is -2.30. The van der Waals surface area contributed by atoms with Crippen LogP contribution in [0.5, 0.6) is 0 Å². The SMILES string of the molecule is O=C1Cc2cccc3c2C(C1)CN3C(=O)c1ccccc1. The number of anilines is 1. The van der Waals surface area contributed by atoms with Gasteiger partial charge in [-0.15, -0.1) is 0 Å². The van der Waals surface area contributed by atoms with Gasteiger partial charge in [-0.05, 0) is 29.3 Å². The van der Waals surface area contributed by atoms with Gasteiger partial charge in [0.05, 0.1) is 0 Å². The lowest BCUT2D eigenvalue weighted by Gasteiger charge is -2.18. The average molecular weight is 277 g/mol. The average Bonchev–Trinajstić information content (AvgIpc) is 2.87. The van der Waals surface area contributed by atoms with Gasteiger partial charge in [-0.25, -0.2) is 0 Å². The van der Waals surface area contributed by atoms with Crippen LogP contribution in [0.2, 0.25) is 0 Å². The molecule has 0 fully saturated rings. The molecule has 0 aromatic heterocycles. The van der Waals surface area contributed by atoms with E-state index in [0.29, 0.717) is 24.9 Å². The standard InChI is InChI=1S/C18H15NO2/c20-15-9-13-7-4-8-16-17(13)14(10-15)11-19(16)18(21)12-5-2-1-3-6-12/h1-8,14H,9-11H2. The molecule has 0 radical (unpaired) electrons. The summed E-state index contributed by atoms with van der Waals surface area (Å²) in [6.45, 7) is 0.617. The minimum absolute atomic E-state index is 0.0193. The van der Waals surface area contributed by atoms with Gasteiger partial charge in [-0.1, -0.05) is 30.3 Å². The van der Waals surface area contributed by atoms with Gasteiger partial charge in [0.1, 0.15) is 5.78 Å². The van der Waals surface area contributed by atoms with Gasteiger partial charge >= 0.3 is 0 Å². The van der Waals surface area contributed by atoms with Crippen LogP contribution in [0, 0.1) is 0 Å². The van der Waals surface area contributed by atoms with E-state index in [4.69, 9.17) is 0 Å². The summed E-state index contributed by atoms with van der Waals surface area (Å²) in [5.74, 6) is 0.467. The normalized spacial score (nSPS) is 19.5. The first kappa shape index (κ1) is 12.3. The summed E-state index contributed by atoms with van der Waals surface area (Å²) in [5, 5.41) is 0. The molecule has 2 aromatic carbocycles. The van der Waals surface area contributed by atoms with Crippen molar-refractivity contribution in [3.8, 4) is 0 Å². The van der Waals surface area contributed by atoms with E-state index in [9.17, 15) is 9.59 Å². The highest BCUT2D eigenvalue weighted by molar-refractivity contribution is 6.08. The number of carbonyl (C=O) groups excluding carboxylic acids is 2. The molecular formula is C18H15NO2. The third kappa shape index (κ3) is 1.88. The number of hydrogen-bond acceptors (Lipinski definition) is 2. The van der Waals surface area contributed by atoms with Crippen LogP contribution in [-0.2, 0) is 11.2 Å². The van der Waals surface area contributed by atoms with Gasteiger partial charge in [0.2, 0.25) is 0 Å². The van der Waals surface area contributed by atoms with Crippen molar-refractivity contribution >= 4 is 17.4 Å². The Bertz CT molecular complexity index is 736. The molecule has 3 nitrogen and oxygen atoms in total. The van der Waals surface area contributed by atoms with E-state index in [1.54, 1.807) is 0 Å². The Morgan fingerprint density at radius 1 is 1.05 bits per heavy atom. The fourth-order valence-corrected chi connectivity index (χ4v) is 3.53. The highest BCUT2D eigenvalue weighted by atomic mass is 16.2. The molecule has 2 aromatic rings. The molecule has 104 valence electrons. The summed E-state index contributed by atoms with van der Waals surface area (Å²) < 4.78 is 0. The zero-order valence-corrected chi connectivity index (χ0v) is 11.6. The summed E-state index contributed by atoms with van der Waals surface area (Å²) in [6.07, 6.45) is 1.07. The van der Waals surface area contributed by atoms with E-state index in [2.05, 4.69) is 0 Å². The predicted molar refractivity (Wildman–Crippen MR) is 80.6 cm³/mol. The van der Waals surface area contributed by atoms with Gasteiger partial charge in [0, 0.05) is 36.6 Å². The van der Waals surface area contributed by atoms with Crippen LogP contribution in [-0.4, -0.2) is 18.2 Å². The predicted octanol–water partition coefficient (Wildman–Crippen LogP) is 2.95. The van der Waals surface area contributed by atoms with Gasteiger partial charge in [-0.2, -0.15) is 0 Å². The summed E-state index contributed by atoms with van der Waals surface area (Å²) in [4.78, 5) is 26.4. The Kier molecular flexibility index (Phi) is 2.67. The number of amides is 1. The van der Waals surface area contributed by atoms with E-state index < -0.39 is 0 Å². The number of carbonyl (C=O) groups is 2. The molecule has 2 aliphatic rings. The Hall–Kier alpha value is -2.42. The first-order chi connectivity index (χ1) is 10.2. The zero-order chi connectivity index (χ0) is 14.4. The van der Waals surface area contributed by atoms with E-state index in [0.717, 1.165) is 11.3 Å². The largest absolute Gasteiger partial charge is 0.307 e. The van der Waals surface area contributed by atoms with Crippen molar-refractivity contribution in [1.29, 1.82) is 0 Å². The minimum Gasteiger partial charge on any atom is -0.307 e. The molecule has 4 rings (SSSR count). The first-order valence-corrected chi connectivity index (χ1v) is 7.24. The van der Waals surface area contributed by atoms with Crippen molar-refractivity contribution in [3.05, 3.63) is 65.2 Å². The number of rotatable bonds is 1. The maximum Gasteiger partial charge on any atom is 0.258 e. The van der Waals surface area contributed by atoms with Crippen molar-refractivity contribution < 1.29 is 9.59 Å². The van der Waals surface area contributed by atoms with Crippen LogP contribution in [0.1, 0.15) is 33.8 Å². The fourth-order valence-electron chi connectivity index (χ4n) is 3.53. The third-order valence-electron chi connectivity index (χ3n) is 4.40. The molecule has 0 saturated carbocycles. The molecule has 1 aliphatic heterocycles. The molecule has 0 spiro atoms. The Balaban J connectivity index is 1.77. The van der Waals surface area contributed by atoms with Crippen molar-refractivity contribution in [3.63, 3.8) is 0 Å². The zero-order valence-electron chi connectivity index (χ0n) is 11.6. The van der Waals surface area contributed by atoms with Gasteiger partial charge in [-0.3, -0.25) is 9.59 Å². The molecule has 0 bridgehead atoms. The monoisotopic (exact) mass is 277 g/mol. The maximum atomic E-state index is 12.7. The number of benzene rings is 2. The van der Waals surface area contributed by atoms with E-state index in [1.807, 2.05) is 53.4 Å². The van der Waals surface area contributed by atoms with Crippen molar-refractivity contribution in [2.75, 3.05) is 11.4 Å². The van der Waals surface area contributed by atoms with Crippen LogP contribution < -0.4 is 4.90 Å². The van der Waals surface area contributed by atoms with Crippen LogP contribution in [0.15, 0.2) is 48.5 Å². The first-order valence-electron chi connectivity index (χ1n) is 7.24. The topological polar surface area (TPSA) is 37.4 Å². The Labute approximate surface area is 123 Å². The molecule has 1 heterocycles. The molecule has 0 N–H and O–H groups in total. The van der Waals surface area contributed by atoms with E-state index in [-0.39, 0.29) is 17.6 Å². The van der Waals surface area contributed by atoms with Crippen molar-refractivity contribution in [2.45, 2.75) is 18.8 Å². The van der Waals surface area contributed by atoms with Gasteiger partial charge in [0.15, 0.2) is 0 Å². The number of ketones is 1. The summed E-state index contributed by atoms with van der Waals surface area (Å²) >= 11 is 0. The highest BCUT2D eigenvalue weighted by Gasteiger charge is 2.38. The molecule has 1 aliphatic carbocycles. The van der Waals surface area contributed by atoms with Crippen LogP contribution in [0.25, 0.3) is 0 Å². The lowest BCUT2D eigenvalue weighted by atomic mass is 9.83. The number of hydrogen-bond donors (Lipinski definition) is 0. The summed E-state index contributed by atoms with van der Waals surface area (Å²) in [6, 6.07) is 15.3. The minimum atomic E-state index is 0.0193. The van der Waals surface area contributed by atoms with Crippen LogP contribution in [0.4, 0.5) is 5.69 Å². The molecule has 3 heteroatoms. The Morgan fingerprint density at radius 2 is 1.86 bits per heavy atom. The third-order valence-corrected chi connectivity index (χ3v) is 4.40. The Morgan fingerprint density at radius 3 is 2.67 bits per heavy atom. The fraction of sp³-hybridized carbons (Fsp3) is 0.222. The van der Waals surface area contributed by atoms with E-state index >= 15 is 0 Å². The molecular weight excluding hydrogens is 262 g/mol. The second-order valence-corrected chi connectivity index (χ2v) is 5.75. The molecule has 1 amide bonds. The van der Waals surface area contributed by atoms with Gasteiger partial charge < -0.3 is 4.90 Å². The number of Topliss-reactive ketones (excluding diaryl/α,β-unsaturated/α-hetero) is 1. The lowest BCUT2D eigenvalue weighted by molar-refractivity contribution is -0.119. The summed E-state index contributed by atoms with van der Waals surface area (Å²) in [5.41, 5.74) is 3.98. The smallest absolute Gasteiger partial charge is 0.258 e. The van der Waals surface area contributed by atoms with Crippen molar-refractivity contribution in [2.24, 2.45) is 0 Å². The number of nitrogens with zero attached hydrogens (tertiary/aromatic N) is 1. The van der Waals surface area contributed by atoms with Crippen molar-refractivity contribution in [1.82, 2.24) is 0 Å². The highest BCUT2D eigenvalue weighted by Crippen LogP contribution is 2.43. The second-order valence-electron chi connectivity index (χ2n) is 5.75. The summed E-state index contributed by atoms with van der Waals surface area (Å²) in [7, 11) is 0.